The van der Waals surface area contributed by atoms with Crippen LogP contribution in [0.25, 0.3) is 27.1 Å². The molecule has 0 unspecified atom stereocenters. The van der Waals surface area contributed by atoms with Crippen molar-refractivity contribution in [3.8, 4) is 10.6 Å². The highest BCUT2D eigenvalue weighted by Gasteiger charge is 2.17. The number of hydrogen-bond acceptors (Lipinski definition) is 3. The second kappa shape index (κ2) is 8.48. The molecule has 2 aromatic carbocycles. The van der Waals surface area contributed by atoms with E-state index in [1.54, 1.807) is 52.3 Å². The summed E-state index contributed by atoms with van der Waals surface area (Å²) in [6.07, 6.45) is 3.78. The molecule has 8 heteroatoms. The molecule has 6 aromatic rings. The van der Waals surface area contributed by atoms with E-state index in [0.717, 1.165) is 10.6 Å². The number of imidazole rings is 1. The largest absolute Gasteiger partial charge is 0.332 e. The molecule has 0 spiro atoms. The van der Waals surface area contributed by atoms with Crippen LogP contribution in [0.2, 0.25) is 0 Å². The number of benzene rings is 2. The normalized spacial score (nSPS) is 11.4. The molecule has 0 aliphatic carbocycles. The molecule has 0 fully saturated rings. The van der Waals surface area contributed by atoms with Crippen LogP contribution in [0.4, 0.5) is 14.5 Å². The Morgan fingerprint density at radius 2 is 1.86 bits per heavy atom. The van der Waals surface area contributed by atoms with E-state index >= 15 is 0 Å². The van der Waals surface area contributed by atoms with Gasteiger partial charge in [0.25, 0.3) is 5.91 Å². The Kier molecular flexibility index (Phi) is 5.15. The van der Waals surface area contributed by atoms with Gasteiger partial charge in [-0.2, -0.15) is 0 Å². The first-order valence-electron chi connectivity index (χ1n) is 10.9. The van der Waals surface area contributed by atoms with Crippen LogP contribution in [0, 0.1) is 11.6 Å². The number of halogens is 2. The summed E-state index contributed by atoms with van der Waals surface area (Å²) in [5, 5.41) is 5.52. The monoisotopic (exact) mass is 484 g/mol. The summed E-state index contributed by atoms with van der Waals surface area (Å²) in [5.74, 6) is -1.10. The minimum atomic E-state index is -0.390. The first-order chi connectivity index (χ1) is 17.0. The average molecular weight is 485 g/mol. The molecule has 0 saturated heterocycles. The summed E-state index contributed by atoms with van der Waals surface area (Å²) in [5.41, 5.74) is 3.87. The number of rotatable bonds is 5. The van der Waals surface area contributed by atoms with Crippen LogP contribution >= 0.6 is 11.3 Å². The molecule has 0 atom stereocenters. The van der Waals surface area contributed by atoms with Gasteiger partial charge < -0.3 is 14.3 Å². The van der Waals surface area contributed by atoms with Gasteiger partial charge >= 0.3 is 0 Å². The van der Waals surface area contributed by atoms with Crippen molar-refractivity contribution in [2.75, 3.05) is 5.32 Å². The van der Waals surface area contributed by atoms with Crippen LogP contribution in [0.3, 0.4) is 0 Å². The summed E-state index contributed by atoms with van der Waals surface area (Å²) < 4.78 is 31.3. The molecule has 6 rings (SSSR count). The van der Waals surface area contributed by atoms with Crippen molar-refractivity contribution >= 4 is 39.5 Å². The Labute approximate surface area is 202 Å². The topological polar surface area (TPSA) is 51.3 Å². The molecule has 0 bridgehead atoms. The zero-order valence-electron chi connectivity index (χ0n) is 18.3. The fraction of sp³-hybridized carbons (Fsp3) is 0.0370. The highest BCUT2D eigenvalue weighted by atomic mass is 32.1. The number of nitrogens with zero attached hydrogens (tertiary/aromatic N) is 3. The van der Waals surface area contributed by atoms with Crippen LogP contribution in [0.15, 0.2) is 90.6 Å². The van der Waals surface area contributed by atoms with E-state index in [-0.39, 0.29) is 18.3 Å². The maximum Gasteiger partial charge on any atom is 0.272 e. The summed E-state index contributed by atoms with van der Waals surface area (Å²) in [7, 11) is 0. The van der Waals surface area contributed by atoms with Gasteiger partial charge in [-0.15, -0.1) is 11.3 Å². The molecule has 35 heavy (non-hydrogen) atoms. The lowest BCUT2D eigenvalue weighted by atomic mass is 10.2. The van der Waals surface area contributed by atoms with Crippen LogP contribution in [0.1, 0.15) is 16.1 Å². The average Bonchev–Trinajstić information content (AvgIpc) is 3.57. The Bertz CT molecular complexity index is 1700. The molecule has 1 amide bonds. The molecule has 4 heterocycles. The van der Waals surface area contributed by atoms with Crippen molar-refractivity contribution in [2.24, 2.45) is 0 Å². The summed E-state index contributed by atoms with van der Waals surface area (Å²) in [6.45, 7) is 0.263. The lowest BCUT2D eigenvalue weighted by Gasteiger charge is -2.12. The quantitative estimate of drug-likeness (QED) is 0.300. The van der Waals surface area contributed by atoms with E-state index in [1.165, 1.54) is 24.3 Å². The molecule has 172 valence electrons. The van der Waals surface area contributed by atoms with E-state index < -0.39 is 5.82 Å². The Morgan fingerprint density at radius 1 is 0.971 bits per heavy atom. The number of pyridine rings is 1. The number of nitrogens with one attached hydrogen (secondary N) is 1. The van der Waals surface area contributed by atoms with Crippen molar-refractivity contribution in [1.82, 2.24) is 14.0 Å². The van der Waals surface area contributed by atoms with E-state index in [1.807, 2.05) is 34.3 Å². The number of amides is 1. The predicted molar refractivity (Wildman–Crippen MR) is 134 cm³/mol. The molecule has 0 saturated carbocycles. The molecule has 5 nitrogen and oxygen atoms in total. The second-order valence-corrected chi connectivity index (χ2v) is 9.13. The third kappa shape index (κ3) is 4.08. The molecular weight excluding hydrogens is 466 g/mol. The van der Waals surface area contributed by atoms with Crippen molar-refractivity contribution in [2.45, 2.75) is 6.54 Å². The van der Waals surface area contributed by atoms with Crippen molar-refractivity contribution in [3.05, 3.63) is 113 Å². The van der Waals surface area contributed by atoms with E-state index in [9.17, 15) is 13.6 Å². The number of thiophene rings is 1. The third-order valence-corrected chi connectivity index (χ3v) is 6.71. The van der Waals surface area contributed by atoms with Crippen LogP contribution < -0.4 is 5.32 Å². The van der Waals surface area contributed by atoms with Gasteiger partial charge in [-0.25, -0.2) is 13.8 Å². The SMILES string of the molecule is O=C(Nc1ccn2cc(-c3cccs3)nc2c1)c1cc2cc(F)ccc2n1Cc1cccc(F)c1. The van der Waals surface area contributed by atoms with Gasteiger partial charge in [0, 0.05) is 41.6 Å². The first-order valence-corrected chi connectivity index (χ1v) is 11.8. The van der Waals surface area contributed by atoms with Gasteiger partial charge in [-0.3, -0.25) is 4.79 Å². The zero-order chi connectivity index (χ0) is 23.9. The van der Waals surface area contributed by atoms with Gasteiger partial charge in [-0.05, 0) is 59.5 Å². The van der Waals surface area contributed by atoms with Crippen molar-refractivity contribution < 1.29 is 13.6 Å². The first kappa shape index (κ1) is 21.2. The minimum Gasteiger partial charge on any atom is -0.332 e. The Hall–Kier alpha value is -4.30. The molecule has 0 aliphatic rings. The maximum atomic E-state index is 13.9. The minimum absolute atomic E-state index is 0.263. The number of anilines is 1. The fourth-order valence-electron chi connectivity index (χ4n) is 4.22. The predicted octanol–water partition coefficient (Wildman–Crippen LogP) is 6.60. The number of carbonyl (C=O) groups excluding carboxylic acids is 1. The number of carbonyl (C=O) groups is 1. The van der Waals surface area contributed by atoms with Gasteiger partial charge in [-0.1, -0.05) is 18.2 Å². The van der Waals surface area contributed by atoms with Crippen LogP contribution in [0.5, 0.6) is 0 Å². The number of fused-ring (bicyclic) bond motifs is 2. The highest BCUT2D eigenvalue weighted by Crippen LogP contribution is 2.26. The van der Waals surface area contributed by atoms with Gasteiger partial charge in [0.15, 0.2) is 0 Å². The molecule has 0 aliphatic heterocycles. The Balaban J connectivity index is 1.35. The van der Waals surface area contributed by atoms with Crippen molar-refractivity contribution in [1.29, 1.82) is 0 Å². The van der Waals surface area contributed by atoms with Crippen molar-refractivity contribution in [3.63, 3.8) is 0 Å². The lowest BCUT2D eigenvalue weighted by molar-refractivity contribution is 0.101. The third-order valence-electron chi connectivity index (χ3n) is 5.82. The zero-order valence-corrected chi connectivity index (χ0v) is 19.1. The standard InChI is InChI=1S/C27H18F2N4OS/c28-19-4-1-3-17(11-19)15-33-23-7-6-20(29)12-18(23)13-24(33)27(34)30-21-8-9-32-16-22(31-26(32)14-21)25-5-2-10-35-25/h1-14,16H,15H2,(H,30,34). The maximum absolute atomic E-state index is 13.9. The Morgan fingerprint density at radius 3 is 2.69 bits per heavy atom. The van der Waals surface area contributed by atoms with Crippen LogP contribution in [-0.2, 0) is 6.54 Å². The van der Waals surface area contributed by atoms with E-state index in [4.69, 9.17) is 0 Å². The number of aromatic nitrogens is 3. The number of hydrogen-bond donors (Lipinski definition) is 1. The van der Waals surface area contributed by atoms with Gasteiger partial charge in [0.1, 0.15) is 23.0 Å². The summed E-state index contributed by atoms with van der Waals surface area (Å²) in [4.78, 5) is 19.1. The smallest absolute Gasteiger partial charge is 0.272 e. The van der Waals surface area contributed by atoms with Gasteiger partial charge in [0.2, 0.25) is 0 Å². The molecular formula is C27H18F2N4OS. The van der Waals surface area contributed by atoms with E-state index in [0.29, 0.717) is 33.5 Å². The van der Waals surface area contributed by atoms with Gasteiger partial charge in [0.05, 0.1) is 10.6 Å². The van der Waals surface area contributed by atoms with E-state index in [2.05, 4.69) is 10.3 Å². The molecule has 0 radical (unpaired) electrons. The summed E-state index contributed by atoms with van der Waals surface area (Å²) >= 11 is 1.61. The summed E-state index contributed by atoms with van der Waals surface area (Å²) in [6, 6.07) is 19.8. The lowest BCUT2D eigenvalue weighted by Crippen LogP contribution is -2.17. The highest BCUT2D eigenvalue weighted by molar-refractivity contribution is 7.13. The van der Waals surface area contributed by atoms with Crippen LogP contribution in [-0.4, -0.2) is 19.9 Å². The molecule has 1 N–H and O–H groups in total. The second-order valence-electron chi connectivity index (χ2n) is 8.19. The molecule has 4 aromatic heterocycles. The fourth-order valence-corrected chi connectivity index (χ4v) is 4.90.